The highest BCUT2D eigenvalue weighted by molar-refractivity contribution is 6.43. The maximum Gasteiger partial charge on any atom is 0.330 e. The number of anilines is 1. The molecule has 0 spiro atoms. The topological polar surface area (TPSA) is 116 Å². The molecule has 1 heterocycles. The number of nitrogens with one attached hydrogen (secondary N) is 1. The summed E-state index contributed by atoms with van der Waals surface area (Å²) < 4.78 is 11.2. The van der Waals surface area contributed by atoms with Crippen molar-refractivity contribution in [1.82, 2.24) is 9.55 Å². The van der Waals surface area contributed by atoms with Gasteiger partial charge in [-0.1, -0.05) is 34.8 Å². The first-order valence-corrected chi connectivity index (χ1v) is 8.31. The summed E-state index contributed by atoms with van der Waals surface area (Å²) in [6, 6.07) is 2.70. The van der Waals surface area contributed by atoms with Crippen LogP contribution >= 0.6 is 34.8 Å². The molecule has 0 fully saturated rings. The number of hydrogen-bond acceptors (Lipinski definition) is 6. The molecule has 0 radical (unpaired) electrons. The van der Waals surface area contributed by atoms with Crippen LogP contribution in [0.3, 0.4) is 0 Å². The van der Waals surface area contributed by atoms with Gasteiger partial charge in [0, 0.05) is 13.2 Å². The number of carbonyl (C=O) groups excluding carboxylic acids is 1. The van der Waals surface area contributed by atoms with Gasteiger partial charge in [0.15, 0.2) is 6.61 Å². The number of aromatic amines is 1. The van der Waals surface area contributed by atoms with Crippen LogP contribution in [0.2, 0.25) is 15.1 Å². The van der Waals surface area contributed by atoms with Gasteiger partial charge in [-0.25, -0.2) is 4.79 Å². The molecule has 0 aliphatic carbocycles. The first-order valence-electron chi connectivity index (χ1n) is 7.18. The molecule has 0 aliphatic heterocycles. The number of rotatable bonds is 7. The number of carbonyl (C=O) groups is 1. The van der Waals surface area contributed by atoms with Crippen molar-refractivity contribution in [1.29, 1.82) is 0 Å². The lowest BCUT2D eigenvalue weighted by Gasteiger charge is -2.12. The third kappa shape index (κ3) is 4.39. The van der Waals surface area contributed by atoms with E-state index in [2.05, 4.69) is 0 Å². The van der Waals surface area contributed by atoms with Gasteiger partial charge in [0.25, 0.3) is 5.56 Å². The number of ether oxygens (including phenoxy) is 2. The van der Waals surface area contributed by atoms with Crippen molar-refractivity contribution in [2.45, 2.75) is 6.54 Å². The molecule has 0 unspecified atom stereocenters. The fraction of sp³-hybridized carbons (Fsp3) is 0.267. The van der Waals surface area contributed by atoms with Crippen molar-refractivity contribution >= 4 is 46.4 Å². The van der Waals surface area contributed by atoms with E-state index in [0.717, 1.165) is 4.57 Å². The highest BCUT2D eigenvalue weighted by Gasteiger charge is 2.20. The lowest BCUT2D eigenvalue weighted by Crippen LogP contribution is -2.37. The Bertz CT molecular complexity index is 955. The largest absolute Gasteiger partial charge is 0.484 e. The lowest BCUT2D eigenvalue weighted by atomic mass is 10.2. The quantitative estimate of drug-likeness (QED) is 0.520. The SMILES string of the molecule is COCCn1c(N)c(C(=O)COc2cc(Cl)c(Cl)cc2Cl)c(=O)[nH]c1=O. The van der Waals surface area contributed by atoms with Crippen LogP contribution < -0.4 is 21.7 Å². The number of ketones is 1. The Labute approximate surface area is 162 Å². The molecule has 8 nitrogen and oxygen atoms in total. The zero-order chi connectivity index (χ0) is 19.4. The first-order chi connectivity index (χ1) is 12.3. The van der Waals surface area contributed by atoms with Crippen LogP contribution in [0.25, 0.3) is 0 Å². The fourth-order valence-corrected chi connectivity index (χ4v) is 2.68. The third-order valence-electron chi connectivity index (χ3n) is 3.37. The predicted molar refractivity (Wildman–Crippen MR) is 98.9 cm³/mol. The van der Waals surface area contributed by atoms with Gasteiger partial charge in [-0.05, 0) is 6.07 Å². The van der Waals surface area contributed by atoms with Gasteiger partial charge in [-0.3, -0.25) is 19.1 Å². The molecule has 11 heteroatoms. The molecule has 1 aromatic carbocycles. The van der Waals surface area contributed by atoms with E-state index in [9.17, 15) is 14.4 Å². The van der Waals surface area contributed by atoms with Gasteiger partial charge in [-0.15, -0.1) is 0 Å². The molecule has 0 amide bonds. The second-order valence-corrected chi connectivity index (χ2v) is 6.29. The Kier molecular flexibility index (Phi) is 6.71. The summed E-state index contributed by atoms with van der Waals surface area (Å²) in [5, 5.41) is 0.546. The summed E-state index contributed by atoms with van der Waals surface area (Å²) in [6.07, 6.45) is 0. The Morgan fingerprint density at radius 1 is 1.19 bits per heavy atom. The van der Waals surface area contributed by atoms with E-state index in [0.29, 0.717) is 0 Å². The van der Waals surface area contributed by atoms with Crippen LogP contribution in [0.1, 0.15) is 10.4 Å². The van der Waals surface area contributed by atoms with Crippen LogP contribution in [-0.2, 0) is 11.3 Å². The van der Waals surface area contributed by atoms with Gasteiger partial charge in [0.2, 0.25) is 5.78 Å². The smallest absolute Gasteiger partial charge is 0.330 e. The average Bonchev–Trinajstić information content (AvgIpc) is 2.56. The molecule has 0 saturated carbocycles. The van der Waals surface area contributed by atoms with Crippen LogP contribution in [0, 0.1) is 0 Å². The molecule has 3 N–H and O–H groups in total. The molecule has 0 bridgehead atoms. The Morgan fingerprint density at radius 3 is 2.50 bits per heavy atom. The van der Waals surface area contributed by atoms with Crippen molar-refractivity contribution < 1.29 is 14.3 Å². The Balaban J connectivity index is 2.29. The summed E-state index contributed by atoms with van der Waals surface area (Å²) in [5.74, 6) is -0.904. The summed E-state index contributed by atoms with van der Waals surface area (Å²) in [4.78, 5) is 38.2. The standard InChI is InChI=1S/C15H14Cl3N3O5/c1-25-3-2-21-13(19)12(14(23)20-15(21)24)10(22)6-26-11-5-8(17)7(16)4-9(11)18/h4-5H,2-3,6,19H2,1H3,(H,20,23,24). The average molecular weight is 423 g/mol. The van der Waals surface area contributed by atoms with Gasteiger partial charge in [0.1, 0.15) is 17.1 Å². The summed E-state index contributed by atoms with van der Waals surface area (Å²) in [6.45, 7) is -0.315. The number of methoxy groups -OCH3 is 1. The highest BCUT2D eigenvalue weighted by Crippen LogP contribution is 2.33. The van der Waals surface area contributed by atoms with E-state index in [1.54, 1.807) is 0 Å². The number of aromatic nitrogens is 2. The van der Waals surface area contributed by atoms with E-state index in [1.165, 1.54) is 19.2 Å². The number of Topliss-reactive ketones (excluding diaryl/α,β-unsaturated/α-hetero) is 1. The molecule has 0 aliphatic rings. The van der Waals surface area contributed by atoms with Crippen molar-refractivity contribution in [3.05, 3.63) is 53.6 Å². The number of nitrogens with zero attached hydrogens (tertiary/aromatic N) is 1. The van der Waals surface area contributed by atoms with Crippen LogP contribution in [0.15, 0.2) is 21.7 Å². The van der Waals surface area contributed by atoms with Gasteiger partial charge in [0.05, 0.1) is 28.2 Å². The molecule has 2 rings (SSSR count). The molecule has 26 heavy (non-hydrogen) atoms. The molecular weight excluding hydrogens is 409 g/mol. The Hall–Kier alpha value is -2.00. The third-order valence-corrected chi connectivity index (χ3v) is 4.39. The molecule has 1 aromatic heterocycles. The predicted octanol–water partition coefficient (Wildman–Crippen LogP) is 1.99. The number of hydrogen-bond donors (Lipinski definition) is 2. The van der Waals surface area contributed by atoms with E-state index in [1.807, 2.05) is 4.98 Å². The molecule has 0 saturated heterocycles. The van der Waals surface area contributed by atoms with E-state index in [-0.39, 0.29) is 39.8 Å². The van der Waals surface area contributed by atoms with Crippen molar-refractivity contribution in [3.63, 3.8) is 0 Å². The van der Waals surface area contributed by atoms with Crippen LogP contribution in [0.5, 0.6) is 5.75 Å². The molecule has 140 valence electrons. The lowest BCUT2D eigenvalue weighted by molar-refractivity contribution is 0.0920. The fourth-order valence-electron chi connectivity index (χ4n) is 2.09. The maximum atomic E-state index is 12.4. The molecule has 2 aromatic rings. The van der Waals surface area contributed by atoms with Gasteiger partial charge >= 0.3 is 5.69 Å². The molecule has 0 atom stereocenters. The Morgan fingerprint density at radius 2 is 1.85 bits per heavy atom. The summed E-state index contributed by atoms with van der Waals surface area (Å²) >= 11 is 17.7. The normalized spacial score (nSPS) is 10.8. The first kappa shape index (κ1) is 20.3. The van der Waals surface area contributed by atoms with Gasteiger partial charge in [-0.2, -0.15) is 0 Å². The van der Waals surface area contributed by atoms with E-state index in [4.69, 9.17) is 50.0 Å². The zero-order valence-electron chi connectivity index (χ0n) is 13.5. The number of H-pyrrole nitrogens is 1. The monoisotopic (exact) mass is 421 g/mol. The minimum atomic E-state index is -0.907. The minimum absolute atomic E-state index is 0.0672. The number of benzene rings is 1. The number of halogens is 3. The maximum absolute atomic E-state index is 12.4. The van der Waals surface area contributed by atoms with E-state index < -0.39 is 29.2 Å². The second kappa shape index (κ2) is 8.59. The number of nitrogen functional groups attached to an aromatic ring is 1. The minimum Gasteiger partial charge on any atom is -0.484 e. The highest BCUT2D eigenvalue weighted by atomic mass is 35.5. The van der Waals surface area contributed by atoms with Crippen molar-refractivity contribution in [2.24, 2.45) is 0 Å². The molecular formula is C15H14Cl3N3O5. The number of nitrogens with two attached hydrogens (primary N) is 1. The van der Waals surface area contributed by atoms with Crippen LogP contribution in [-0.4, -0.2) is 35.7 Å². The van der Waals surface area contributed by atoms with E-state index >= 15 is 0 Å². The van der Waals surface area contributed by atoms with Crippen LogP contribution in [0.4, 0.5) is 5.82 Å². The van der Waals surface area contributed by atoms with Crippen molar-refractivity contribution in [3.8, 4) is 5.75 Å². The second-order valence-electron chi connectivity index (χ2n) is 5.07. The van der Waals surface area contributed by atoms with Gasteiger partial charge < -0.3 is 15.2 Å². The zero-order valence-corrected chi connectivity index (χ0v) is 15.7. The summed E-state index contributed by atoms with van der Waals surface area (Å²) in [7, 11) is 1.44. The van der Waals surface area contributed by atoms with Crippen molar-refractivity contribution in [2.75, 3.05) is 26.1 Å². The summed E-state index contributed by atoms with van der Waals surface area (Å²) in [5.41, 5.74) is 3.78.